The Morgan fingerprint density at radius 2 is 1.78 bits per heavy atom. The molecule has 1 fully saturated rings. The van der Waals surface area contributed by atoms with E-state index in [1.54, 1.807) is 0 Å². The Kier molecular flexibility index (Phi) is 6.76. The minimum Gasteiger partial charge on any atom is -0.458 e. The van der Waals surface area contributed by atoms with Gasteiger partial charge in [-0.15, -0.1) is 0 Å². The highest BCUT2D eigenvalue weighted by atomic mass is 16.6. The van der Waals surface area contributed by atoms with Gasteiger partial charge in [0.25, 0.3) is 0 Å². The second kappa shape index (κ2) is 8.32. The molecule has 0 aromatic rings. The Labute approximate surface area is 131 Å². The molecule has 0 bridgehead atoms. The van der Waals surface area contributed by atoms with Gasteiger partial charge in [-0.3, -0.25) is 14.4 Å². The first kappa shape index (κ1) is 18.7. The lowest BCUT2D eigenvalue weighted by atomic mass is 9.93. The molecule has 11 heteroatoms. The normalized spacial score (nSPS) is 29.8. The van der Waals surface area contributed by atoms with Crippen molar-refractivity contribution < 1.29 is 29.0 Å². The lowest BCUT2D eigenvalue weighted by Gasteiger charge is -2.44. The average molecular weight is 329 g/mol. The number of carbonyl (C=O) groups is 3. The number of nitrogens with zero attached hydrogens (tertiary/aromatic N) is 3. The van der Waals surface area contributed by atoms with Crippen LogP contribution in [-0.4, -0.2) is 60.0 Å². The molecule has 1 aliphatic rings. The zero-order chi connectivity index (χ0) is 17.6. The Hall–Kier alpha value is -2.36. The summed E-state index contributed by atoms with van der Waals surface area (Å²) >= 11 is 0. The molecule has 2 amide bonds. The average Bonchev–Trinajstić information content (AvgIpc) is 2.42. The van der Waals surface area contributed by atoms with Crippen LogP contribution < -0.4 is 10.6 Å². The maximum Gasteiger partial charge on any atom is 0.303 e. The lowest BCUT2D eigenvalue weighted by Crippen LogP contribution is -2.69. The van der Waals surface area contributed by atoms with Crippen molar-refractivity contribution in [2.75, 3.05) is 6.54 Å². The van der Waals surface area contributed by atoms with Crippen molar-refractivity contribution in [3.05, 3.63) is 10.4 Å². The number of rotatable bonds is 5. The fourth-order valence-corrected chi connectivity index (χ4v) is 2.36. The highest BCUT2D eigenvalue weighted by Gasteiger charge is 2.48. The predicted molar refractivity (Wildman–Crippen MR) is 75.7 cm³/mol. The van der Waals surface area contributed by atoms with E-state index in [4.69, 9.17) is 15.0 Å². The van der Waals surface area contributed by atoms with Crippen molar-refractivity contribution in [1.82, 2.24) is 10.6 Å². The molecule has 0 aliphatic carbocycles. The molecule has 0 saturated carbocycles. The van der Waals surface area contributed by atoms with Gasteiger partial charge in [-0.1, -0.05) is 5.11 Å². The molecular weight excluding hydrogens is 310 g/mol. The van der Waals surface area contributed by atoms with E-state index in [9.17, 15) is 19.5 Å². The number of amides is 2. The summed E-state index contributed by atoms with van der Waals surface area (Å²) < 4.78 is 10.5. The van der Waals surface area contributed by atoms with Gasteiger partial charge in [-0.25, -0.2) is 0 Å². The van der Waals surface area contributed by atoms with E-state index in [0.717, 1.165) is 6.92 Å². The second-order valence-electron chi connectivity index (χ2n) is 5.01. The van der Waals surface area contributed by atoms with Crippen LogP contribution in [0.25, 0.3) is 10.4 Å². The molecule has 0 spiro atoms. The topological polar surface area (TPSA) is 163 Å². The third-order valence-corrected chi connectivity index (χ3v) is 3.10. The SMILES string of the molecule is CC(=O)N[C@@H]1C(CN=[N+]=[N-])OC(O)[C@H](NC(C)=O)C1OC(C)=O. The van der Waals surface area contributed by atoms with Crippen LogP contribution in [0, 0.1) is 0 Å². The number of ether oxygens (including phenoxy) is 2. The van der Waals surface area contributed by atoms with Crippen LogP contribution in [0.4, 0.5) is 0 Å². The number of hydrogen-bond donors (Lipinski definition) is 3. The molecule has 23 heavy (non-hydrogen) atoms. The maximum atomic E-state index is 11.4. The zero-order valence-corrected chi connectivity index (χ0v) is 12.9. The van der Waals surface area contributed by atoms with Crippen LogP contribution in [0.15, 0.2) is 5.11 Å². The number of nitrogens with one attached hydrogen (secondary N) is 2. The van der Waals surface area contributed by atoms with Gasteiger partial charge in [-0.2, -0.15) is 0 Å². The highest BCUT2D eigenvalue weighted by Crippen LogP contribution is 2.23. The fraction of sp³-hybridized carbons (Fsp3) is 0.750. The first-order valence-electron chi connectivity index (χ1n) is 6.82. The van der Waals surface area contributed by atoms with Gasteiger partial charge in [0.05, 0.1) is 18.7 Å². The van der Waals surface area contributed by atoms with Crippen molar-refractivity contribution in [3.63, 3.8) is 0 Å². The quantitative estimate of drug-likeness (QED) is 0.252. The van der Waals surface area contributed by atoms with E-state index in [1.165, 1.54) is 13.8 Å². The van der Waals surface area contributed by atoms with Crippen molar-refractivity contribution >= 4 is 17.8 Å². The maximum absolute atomic E-state index is 11.4. The van der Waals surface area contributed by atoms with Crippen molar-refractivity contribution in [3.8, 4) is 0 Å². The molecule has 3 N–H and O–H groups in total. The Morgan fingerprint density at radius 3 is 2.26 bits per heavy atom. The molecule has 1 heterocycles. The molecule has 0 aromatic carbocycles. The summed E-state index contributed by atoms with van der Waals surface area (Å²) in [5.41, 5.74) is 8.42. The van der Waals surface area contributed by atoms with Gasteiger partial charge >= 0.3 is 5.97 Å². The predicted octanol–water partition coefficient (Wildman–Crippen LogP) is -1.04. The lowest BCUT2D eigenvalue weighted by molar-refractivity contribution is -0.224. The molecule has 0 radical (unpaired) electrons. The van der Waals surface area contributed by atoms with E-state index in [0.29, 0.717) is 0 Å². The van der Waals surface area contributed by atoms with E-state index in [1.807, 2.05) is 0 Å². The molecule has 5 atom stereocenters. The summed E-state index contributed by atoms with van der Waals surface area (Å²) in [5.74, 6) is -1.60. The van der Waals surface area contributed by atoms with Crippen LogP contribution in [0.5, 0.6) is 0 Å². The number of hydrogen-bond acceptors (Lipinski definition) is 7. The third-order valence-electron chi connectivity index (χ3n) is 3.10. The van der Waals surface area contributed by atoms with E-state index >= 15 is 0 Å². The van der Waals surface area contributed by atoms with Gasteiger partial charge in [0.1, 0.15) is 12.1 Å². The van der Waals surface area contributed by atoms with E-state index in [2.05, 4.69) is 20.7 Å². The van der Waals surface area contributed by atoms with Gasteiger partial charge in [0, 0.05) is 25.7 Å². The van der Waals surface area contributed by atoms with E-state index < -0.39 is 48.4 Å². The molecule has 128 valence electrons. The zero-order valence-electron chi connectivity index (χ0n) is 12.9. The first-order valence-corrected chi connectivity index (χ1v) is 6.82. The van der Waals surface area contributed by atoms with Crippen LogP contribution in [0.1, 0.15) is 20.8 Å². The van der Waals surface area contributed by atoms with Crippen LogP contribution in [0.2, 0.25) is 0 Å². The smallest absolute Gasteiger partial charge is 0.303 e. The molecule has 11 nitrogen and oxygen atoms in total. The number of carbonyl (C=O) groups excluding carboxylic acids is 3. The standard InChI is InChI=1S/C12H19N5O6/c1-5(18)15-9-8(4-14-17-13)23-12(21)10(16-6(2)19)11(9)22-7(3)20/h8-12,21H,4H2,1-3H3,(H,15,18)(H,16,19)/t8?,9-,10-,11?,12?/m1/s1. The minimum absolute atomic E-state index is 0.205. The number of azide groups is 1. The first-order chi connectivity index (χ1) is 10.8. The molecule has 1 aliphatic heterocycles. The molecule has 0 aromatic heterocycles. The Balaban J connectivity index is 3.15. The number of aliphatic hydroxyl groups is 1. The van der Waals surface area contributed by atoms with E-state index in [-0.39, 0.29) is 6.54 Å². The van der Waals surface area contributed by atoms with Gasteiger partial charge < -0.3 is 25.2 Å². The molecule has 1 saturated heterocycles. The summed E-state index contributed by atoms with van der Waals surface area (Å²) in [6.45, 7) is 3.41. The van der Waals surface area contributed by atoms with Crippen LogP contribution in [0.3, 0.4) is 0 Å². The Morgan fingerprint density at radius 1 is 1.22 bits per heavy atom. The number of aliphatic hydroxyl groups excluding tert-OH is 1. The summed E-state index contributed by atoms with van der Waals surface area (Å²) in [6.07, 6.45) is -3.53. The molecule has 1 rings (SSSR count). The summed E-state index contributed by atoms with van der Waals surface area (Å²) in [4.78, 5) is 36.7. The van der Waals surface area contributed by atoms with Crippen molar-refractivity contribution in [2.45, 2.75) is 51.4 Å². The number of esters is 1. The van der Waals surface area contributed by atoms with Crippen molar-refractivity contribution in [1.29, 1.82) is 0 Å². The minimum atomic E-state index is -1.51. The molecular formula is C12H19N5O6. The summed E-state index contributed by atoms with van der Waals surface area (Å²) in [7, 11) is 0. The monoisotopic (exact) mass is 329 g/mol. The summed E-state index contributed by atoms with van der Waals surface area (Å²) in [6, 6.07) is -2.00. The van der Waals surface area contributed by atoms with Gasteiger partial charge in [0.15, 0.2) is 6.29 Å². The second-order valence-corrected chi connectivity index (χ2v) is 5.01. The Bertz CT molecular complexity index is 520. The fourth-order valence-electron chi connectivity index (χ4n) is 2.36. The van der Waals surface area contributed by atoms with Crippen LogP contribution >= 0.6 is 0 Å². The van der Waals surface area contributed by atoms with Crippen molar-refractivity contribution in [2.24, 2.45) is 5.11 Å². The van der Waals surface area contributed by atoms with Crippen LogP contribution in [-0.2, 0) is 23.9 Å². The highest BCUT2D eigenvalue weighted by molar-refractivity contribution is 5.74. The molecule has 3 unspecified atom stereocenters. The summed E-state index contributed by atoms with van der Waals surface area (Å²) in [5, 5.41) is 18.4. The largest absolute Gasteiger partial charge is 0.458 e. The van der Waals surface area contributed by atoms with Gasteiger partial charge in [0.2, 0.25) is 11.8 Å². The third kappa shape index (κ3) is 5.40. The van der Waals surface area contributed by atoms with Gasteiger partial charge in [-0.05, 0) is 5.53 Å².